The van der Waals surface area contributed by atoms with Gasteiger partial charge in [0.2, 0.25) is 0 Å². The van der Waals surface area contributed by atoms with Gasteiger partial charge in [0.05, 0.1) is 24.6 Å². The lowest BCUT2D eigenvalue weighted by Crippen LogP contribution is -2.36. The maximum absolute atomic E-state index is 6.04. The second kappa shape index (κ2) is 7.09. The monoisotopic (exact) mass is 350 g/mol. The zero-order valence-electron chi connectivity index (χ0n) is 15.5. The van der Waals surface area contributed by atoms with Crippen LogP contribution in [0.25, 0.3) is 16.9 Å². The number of aromatic nitrogens is 2. The van der Waals surface area contributed by atoms with Gasteiger partial charge in [-0.05, 0) is 23.6 Å². The number of ether oxygens (including phenoxy) is 1. The largest absolute Gasteiger partial charge is 0.398 e. The fraction of sp³-hybridized carbons (Fsp3) is 0.381. The van der Waals surface area contributed by atoms with Gasteiger partial charge in [-0.2, -0.15) is 0 Å². The summed E-state index contributed by atoms with van der Waals surface area (Å²) in [6, 6.07) is 12.7. The van der Waals surface area contributed by atoms with E-state index in [-0.39, 0.29) is 0 Å². The number of nitrogen functional groups attached to an aromatic ring is 1. The van der Waals surface area contributed by atoms with Gasteiger partial charge >= 0.3 is 0 Å². The summed E-state index contributed by atoms with van der Waals surface area (Å²) < 4.78 is 7.63. The molecule has 3 heterocycles. The minimum absolute atomic E-state index is 0.526. The Balaban J connectivity index is 1.78. The predicted molar refractivity (Wildman–Crippen MR) is 105 cm³/mol. The number of hydrogen-bond acceptors (Lipinski definition) is 4. The molecule has 0 atom stereocenters. The van der Waals surface area contributed by atoms with E-state index < -0.39 is 0 Å². The first-order chi connectivity index (χ1) is 12.6. The lowest BCUT2D eigenvalue weighted by molar-refractivity contribution is 0.0336. The van der Waals surface area contributed by atoms with Gasteiger partial charge in [0, 0.05) is 37.1 Å². The SMILES string of the molecule is CC(C)c1ccc(-c2nc3ccc(N)cn3c2CN2CCOCC2)cc1. The number of nitrogens with two attached hydrogens (primary N) is 1. The molecule has 0 radical (unpaired) electrons. The molecule has 5 heteroatoms. The van der Waals surface area contributed by atoms with E-state index in [0.29, 0.717) is 5.92 Å². The number of morpholine rings is 1. The highest BCUT2D eigenvalue weighted by atomic mass is 16.5. The summed E-state index contributed by atoms with van der Waals surface area (Å²) in [6.45, 7) is 8.74. The Labute approximate surface area is 154 Å². The summed E-state index contributed by atoms with van der Waals surface area (Å²) in [4.78, 5) is 7.33. The molecule has 1 fully saturated rings. The molecule has 1 aliphatic rings. The van der Waals surface area contributed by atoms with E-state index in [9.17, 15) is 0 Å². The molecule has 4 rings (SSSR count). The Hall–Kier alpha value is -2.37. The van der Waals surface area contributed by atoms with Crippen molar-refractivity contribution in [3.8, 4) is 11.3 Å². The molecule has 2 N–H and O–H groups in total. The summed E-state index contributed by atoms with van der Waals surface area (Å²) >= 11 is 0. The van der Waals surface area contributed by atoms with Gasteiger partial charge in [-0.1, -0.05) is 38.1 Å². The first-order valence-corrected chi connectivity index (χ1v) is 9.28. The third kappa shape index (κ3) is 3.32. The van der Waals surface area contributed by atoms with Crippen molar-refractivity contribution in [3.05, 3.63) is 53.9 Å². The molecule has 0 unspecified atom stereocenters. The summed E-state index contributed by atoms with van der Waals surface area (Å²) in [7, 11) is 0. The second-order valence-corrected chi connectivity index (χ2v) is 7.26. The molecule has 1 saturated heterocycles. The molecule has 0 aliphatic carbocycles. The van der Waals surface area contributed by atoms with E-state index >= 15 is 0 Å². The van der Waals surface area contributed by atoms with Crippen LogP contribution in [0.4, 0.5) is 5.69 Å². The van der Waals surface area contributed by atoms with Crippen LogP contribution in [-0.4, -0.2) is 40.6 Å². The Morgan fingerprint density at radius 2 is 1.81 bits per heavy atom. The normalized spacial score (nSPS) is 15.8. The van der Waals surface area contributed by atoms with Crippen LogP contribution in [0.2, 0.25) is 0 Å². The molecule has 2 aromatic heterocycles. The molecule has 0 bridgehead atoms. The van der Waals surface area contributed by atoms with Crippen molar-refractivity contribution in [1.82, 2.24) is 14.3 Å². The van der Waals surface area contributed by atoms with Gasteiger partial charge < -0.3 is 14.9 Å². The smallest absolute Gasteiger partial charge is 0.137 e. The summed E-state index contributed by atoms with van der Waals surface area (Å²) in [5.41, 5.74) is 12.5. The van der Waals surface area contributed by atoms with Crippen molar-refractivity contribution in [3.63, 3.8) is 0 Å². The number of anilines is 1. The van der Waals surface area contributed by atoms with Gasteiger partial charge in [-0.25, -0.2) is 4.98 Å². The van der Waals surface area contributed by atoms with E-state index in [0.717, 1.165) is 55.4 Å². The van der Waals surface area contributed by atoms with Crippen LogP contribution in [0.1, 0.15) is 31.0 Å². The van der Waals surface area contributed by atoms with E-state index in [2.05, 4.69) is 47.4 Å². The van der Waals surface area contributed by atoms with E-state index in [1.165, 1.54) is 11.3 Å². The molecule has 0 spiro atoms. The summed E-state index contributed by atoms with van der Waals surface area (Å²) in [5, 5.41) is 0. The molecular formula is C21H26N4O. The zero-order chi connectivity index (χ0) is 18.1. The van der Waals surface area contributed by atoms with E-state index in [1.807, 2.05) is 18.3 Å². The van der Waals surface area contributed by atoms with Gasteiger partial charge in [0.1, 0.15) is 5.65 Å². The number of rotatable bonds is 4. The first kappa shape index (κ1) is 17.1. The Morgan fingerprint density at radius 3 is 2.50 bits per heavy atom. The highest BCUT2D eigenvalue weighted by molar-refractivity contribution is 5.67. The average Bonchev–Trinajstić information content (AvgIpc) is 3.00. The molecule has 0 amide bonds. The van der Waals surface area contributed by atoms with Gasteiger partial charge in [0.15, 0.2) is 0 Å². The zero-order valence-corrected chi connectivity index (χ0v) is 15.5. The molecule has 1 aromatic carbocycles. The van der Waals surface area contributed by atoms with Gasteiger partial charge in [-0.3, -0.25) is 4.90 Å². The van der Waals surface area contributed by atoms with E-state index in [4.69, 9.17) is 15.5 Å². The van der Waals surface area contributed by atoms with Crippen LogP contribution >= 0.6 is 0 Å². The van der Waals surface area contributed by atoms with Crippen LogP contribution < -0.4 is 5.73 Å². The molecule has 0 saturated carbocycles. The molecule has 3 aromatic rings. The lowest BCUT2D eigenvalue weighted by Gasteiger charge is -2.26. The standard InChI is InChI=1S/C21H26N4O/c1-15(2)16-3-5-17(6-4-16)21-19(14-24-9-11-26-12-10-24)25-13-18(22)7-8-20(25)23-21/h3-8,13,15H,9-12,14,22H2,1-2H3. The van der Waals surface area contributed by atoms with Crippen molar-refractivity contribution in [2.75, 3.05) is 32.0 Å². The summed E-state index contributed by atoms with van der Waals surface area (Å²) in [5.74, 6) is 0.526. The quantitative estimate of drug-likeness (QED) is 0.782. The Kier molecular flexibility index (Phi) is 4.66. The third-order valence-electron chi connectivity index (χ3n) is 5.07. The molecule has 26 heavy (non-hydrogen) atoms. The van der Waals surface area contributed by atoms with E-state index in [1.54, 1.807) is 0 Å². The Morgan fingerprint density at radius 1 is 1.08 bits per heavy atom. The number of hydrogen-bond donors (Lipinski definition) is 1. The molecule has 1 aliphatic heterocycles. The number of fused-ring (bicyclic) bond motifs is 1. The fourth-order valence-corrected chi connectivity index (χ4v) is 3.49. The second-order valence-electron chi connectivity index (χ2n) is 7.26. The number of benzene rings is 1. The van der Waals surface area contributed by atoms with Crippen LogP contribution in [0.3, 0.4) is 0 Å². The van der Waals surface area contributed by atoms with Crippen LogP contribution in [0, 0.1) is 0 Å². The van der Waals surface area contributed by atoms with Gasteiger partial charge in [-0.15, -0.1) is 0 Å². The minimum Gasteiger partial charge on any atom is -0.398 e. The number of imidazole rings is 1. The fourth-order valence-electron chi connectivity index (χ4n) is 3.49. The highest BCUT2D eigenvalue weighted by Gasteiger charge is 2.19. The molecule has 136 valence electrons. The average molecular weight is 350 g/mol. The maximum atomic E-state index is 6.04. The van der Waals surface area contributed by atoms with Crippen molar-refractivity contribution in [1.29, 1.82) is 0 Å². The van der Waals surface area contributed by atoms with Crippen LogP contribution in [-0.2, 0) is 11.3 Å². The van der Waals surface area contributed by atoms with Crippen molar-refractivity contribution in [2.24, 2.45) is 0 Å². The van der Waals surface area contributed by atoms with Crippen molar-refractivity contribution < 1.29 is 4.74 Å². The van der Waals surface area contributed by atoms with Crippen LogP contribution in [0.5, 0.6) is 0 Å². The lowest BCUT2D eigenvalue weighted by atomic mass is 10.0. The third-order valence-corrected chi connectivity index (χ3v) is 5.07. The minimum atomic E-state index is 0.526. The van der Waals surface area contributed by atoms with Crippen molar-refractivity contribution >= 4 is 11.3 Å². The maximum Gasteiger partial charge on any atom is 0.137 e. The highest BCUT2D eigenvalue weighted by Crippen LogP contribution is 2.28. The molecule has 5 nitrogen and oxygen atoms in total. The predicted octanol–water partition coefficient (Wildman–Crippen LogP) is 3.54. The topological polar surface area (TPSA) is 55.8 Å². The summed E-state index contributed by atoms with van der Waals surface area (Å²) in [6.07, 6.45) is 1.98. The first-order valence-electron chi connectivity index (χ1n) is 9.28. The number of nitrogens with zero attached hydrogens (tertiary/aromatic N) is 3. The van der Waals surface area contributed by atoms with Crippen molar-refractivity contribution in [2.45, 2.75) is 26.3 Å². The molecular weight excluding hydrogens is 324 g/mol. The van der Waals surface area contributed by atoms with Gasteiger partial charge in [0.25, 0.3) is 0 Å². The van der Waals surface area contributed by atoms with Crippen LogP contribution in [0.15, 0.2) is 42.6 Å². The number of pyridine rings is 1. The Bertz CT molecular complexity index is 892.